The van der Waals surface area contributed by atoms with Crippen molar-refractivity contribution in [3.05, 3.63) is 29.8 Å². The summed E-state index contributed by atoms with van der Waals surface area (Å²) in [7, 11) is 0. The Kier molecular flexibility index (Phi) is 9.45. The number of ether oxygens (including phenoxy) is 1. The van der Waals surface area contributed by atoms with Crippen molar-refractivity contribution in [3.8, 4) is 0 Å². The summed E-state index contributed by atoms with van der Waals surface area (Å²) >= 11 is 1.85. The molecule has 0 aromatic heterocycles. The molecule has 1 rings (SSSR count). The third-order valence-corrected chi connectivity index (χ3v) is 2.80. The molecule has 0 amide bonds. The van der Waals surface area contributed by atoms with E-state index in [4.69, 9.17) is 4.74 Å². The zero-order chi connectivity index (χ0) is 12.4. The molecule has 1 aromatic rings. The molecule has 0 aliphatic heterocycles. The molecule has 0 heterocycles. The lowest BCUT2D eigenvalue weighted by molar-refractivity contribution is 0.0920. The minimum absolute atomic E-state index is 0.341. The van der Waals surface area contributed by atoms with Crippen LogP contribution in [-0.2, 0) is 4.74 Å². The van der Waals surface area contributed by atoms with Gasteiger partial charge >= 0.3 is 0 Å². The van der Waals surface area contributed by atoms with Crippen LogP contribution in [0.5, 0.6) is 0 Å². The van der Waals surface area contributed by atoms with Crippen molar-refractivity contribution in [2.75, 3.05) is 12.4 Å². The van der Waals surface area contributed by atoms with Gasteiger partial charge in [-0.1, -0.05) is 31.5 Å². The van der Waals surface area contributed by atoms with E-state index in [-0.39, 0.29) is 0 Å². The summed E-state index contributed by atoms with van der Waals surface area (Å²) in [6.45, 7) is 11.1. The zero-order valence-corrected chi connectivity index (χ0v) is 11.9. The van der Waals surface area contributed by atoms with Crippen LogP contribution in [0.1, 0.15) is 33.3 Å². The lowest BCUT2D eigenvalue weighted by atomic mass is 10.2. The maximum atomic E-state index is 5.47. The maximum absolute atomic E-state index is 5.47. The van der Waals surface area contributed by atoms with Crippen molar-refractivity contribution in [1.82, 2.24) is 0 Å². The number of aryl methyl sites for hydroxylation is 1. The van der Waals surface area contributed by atoms with Crippen molar-refractivity contribution < 1.29 is 4.74 Å². The standard InChI is InChI=1S/C12H18OS.C2H6/c1-10(2)13-8-9-14-12-6-4-11(3)5-7-12;1-2/h4-7,10H,8-9H2,1-3H3;1-2H3. The van der Waals surface area contributed by atoms with Gasteiger partial charge in [-0.15, -0.1) is 11.8 Å². The Labute approximate surface area is 105 Å². The summed E-state index contributed by atoms with van der Waals surface area (Å²) in [5, 5.41) is 0. The van der Waals surface area contributed by atoms with Gasteiger partial charge in [0, 0.05) is 10.6 Å². The van der Waals surface area contributed by atoms with E-state index in [1.807, 2.05) is 25.6 Å². The summed E-state index contributed by atoms with van der Waals surface area (Å²) in [5.41, 5.74) is 1.31. The maximum Gasteiger partial charge on any atom is 0.0563 e. The SMILES string of the molecule is CC.Cc1ccc(SCCOC(C)C)cc1. The summed E-state index contributed by atoms with van der Waals surface area (Å²) in [6.07, 6.45) is 0.341. The van der Waals surface area contributed by atoms with Crippen molar-refractivity contribution in [1.29, 1.82) is 0 Å². The predicted molar refractivity (Wildman–Crippen MR) is 74.3 cm³/mol. The second-order valence-electron chi connectivity index (χ2n) is 3.58. The van der Waals surface area contributed by atoms with Crippen molar-refractivity contribution >= 4 is 11.8 Å². The first-order chi connectivity index (χ1) is 7.68. The van der Waals surface area contributed by atoms with Crippen LogP contribution in [0.4, 0.5) is 0 Å². The van der Waals surface area contributed by atoms with E-state index in [1.165, 1.54) is 10.5 Å². The smallest absolute Gasteiger partial charge is 0.0563 e. The first-order valence-electron chi connectivity index (χ1n) is 5.99. The van der Waals surface area contributed by atoms with Gasteiger partial charge in [-0.25, -0.2) is 0 Å². The molecule has 0 spiro atoms. The Morgan fingerprint density at radius 1 is 1.12 bits per heavy atom. The molecule has 0 aliphatic carbocycles. The highest BCUT2D eigenvalue weighted by atomic mass is 32.2. The summed E-state index contributed by atoms with van der Waals surface area (Å²) < 4.78 is 5.47. The largest absolute Gasteiger partial charge is 0.378 e. The molecule has 1 nitrogen and oxygen atoms in total. The topological polar surface area (TPSA) is 9.23 Å². The summed E-state index contributed by atoms with van der Waals surface area (Å²) in [5.74, 6) is 1.03. The van der Waals surface area contributed by atoms with Crippen molar-refractivity contribution in [2.45, 2.75) is 45.6 Å². The molecule has 16 heavy (non-hydrogen) atoms. The number of thioether (sulfide) groups is 1. The zero-order valence-electron chi connectivity index (χ0n) is 11.1. The average molecular weight is 240 g/mol. The first-order valence-corrected chi connectivity index (χ1v) is 6.98. The highest BCUT2D eigenvalue weighted by molar-refractivity contribution is 7.99. The molecular formula is C14H24OS. The van der Waals surface area contributed by atoms with Crippen LogP contribution in [0.2, 0.25) is 0 Å². The molecule has 1 aromatic carbocycles. The van der Waals surface area contributed by atoms with E-state index in [0.717, 1.165) is 12.4 Å². The molecule has 0 bridgehead atoms. The number of rotatable bonds is 5. The molecule has 0 aliphatic rings. The summed E-state index contributed by atoms with van der Waals surface area (Å²) in [4.78, 5) is 1.32. The fourth-order valence-electron chi connectivity index (χ4n) is 1.08. The first kappa shape index (κ1) is 15.5. The van der Waals surface area contributed by atoms with Gasteiger partial charge in [0.2, 0.25) is 0 Å². The van der Waals surface area contributed by atoms with E-state index in [1.54, 1.807) is 0 Å². The molecule has 92 valence electrons. The minimum atomic E-state index is 0.341. The molecular weight excluding hydrogens is 216 g/mol. The number of hydrogen-bond donors (Lipinski definition) is 0. The molecule has 0 atom stereocenters. The molecule has 0 radical (unpaired) electrons. The molecule has 0 fully saturated rings. The highest BCUT2D eigenvalue weighted by Gasteiger charge is 1.95. The van der Waals surface area contributed by atoms with Gasteiger partial charge in [0.25, 0.3) is 0 Å². The normalized spacial score (nSPS) is 9.88. The fourth-order valence-corrected chi connectivity index (χ4v) is 1.82. The van der Waals surface area contributed by atoms with E-state index in [9.17, 15) is 0 Å². The lowest BCUT2D eigenvalue weighted by Gasteiger charge is -2.06. The minimum Gasteiger partial charge on any atom is -0.378 e. The van der Waals surface area contributed by atoms with Crippen LogP contribution in [0.25, 0.3) is 0 Å². The predicted octanol–water partition coefficient (Wildman–Crippen LogP) is 4.54. The van der Waals surface area contributed by atoms with Crippen LogP contribution in [0, 0.1) is 6.92 Å². The van der Waals surface area contributed by atoms with Gasteiger partial charge < -0.3 is 4.74 Å². The van der Waals surface area contributed by atoms with Crippen LogP contribution in [0.15, 0.2) is 29.2 Å². The Bertz CT molecular complexity index is 254. The van der Waals surface area contributed by atoms with Crippen LogP contribution >= 0.6 is 11.8 Å². The van der Waals surface area contributed by atoms with E-state index in [0.29, 0.717) is 6.10 Å². The van der Waals surface area contributed by atoms with Crippen molar-refractivity contribution in [3.63, 3.8) is 0 Å². The van der Waals surface area contributed by atoms with Crippen LogP contribution < -0.4 is 0 Å². The second kappa shape index (κ2) is 9.73. The average Bonchev–Trinajstić information content (AvgIpc) is 2.29. The van der Waals surface area contributed by atoms with Gasteiger partial charge in [0.1, 0.15) is 0 Å². The Morgan fingerprint density at radius 2 is 1.69 bits per heavy atom. The van der Waals surface area contributed by atoms with Gasteiger partial charge in [-0.3, -0.25) is 0 Å². The summed E-state index contributed by atoms with van der Waals surface area (Å²) in [6, 6.07) is 8.61. The highest BCUT2D eigenvalue weighted by Crippen LogP contribution is 2.17. The quantitative estimate of drug-likeness (QED) is 0.552. The molecule has 2 heteroatoms. The Hall–Kier alpha value is -0.470. The van der Waals surface area contributed by atoms with Crippen LogP contribution in [-0.4, -0.2) is 18.5 Å². The molecule has 0 saturated carbocycles. The fraction of sp³-hybridized carbons (Fsp3) is 0.571. The van der Waals surface area contributed by atoms with E-state index in [2.05, 4.69) is 45.0 Å². The molecule has 0 N–H and O–H groups in total. The van der Waals surface area contributed by atoms with E-state index >= 15 is 0 Å². The third kappa shape index (κ3) is 7.77. The van der Waals surface area contributed by atoms with Gasteiger partial charge in [-0.05, 0) is 32.9 Å². The lowest BCUT2D eigenvalue weighted by Crippen LogP contribution is -2.05. The Morgan fingerprint density at radius 3 is 2.19 bits per heavy atom. The van der Waals surface area contributed by atoms with Gasteiger partial charge in [-0.2, -0.15) is 0 Å². The second-order valence-corrected chi connectivity index (χ2v) is 4.75. The number of hydrogen-bond acceptors (Lipinski definition) is 2. The monoisotopic (exact) mass is 240 g/mol. The third-order valence-electron chi connectivity index (χ3n) is 1.82. The van der Waals surface area contributed by atoms with Gasteiger partial charge in [0.05, 0.1) is 12.7 Å². The van der Waals surface area contributed by atoms with E-state index < -0.39 is 0 Å². The molecule has 0 unspecified atom stereocenters. The van der Waals surface area contributed by atoms with Crippen LogP contribution in [0.3, 0.4) is 0 Å². The van der Waals surface area contributed by atoms with Crippen molar-refractivity contribution in [2.24, 2.45) is 0 Å². The Balaban J connectivity index is 0.00000106. The molecule has 0 saturated heterocycles. The number of benzene rings is 1. The van der Waals surface area contributed by atoms with Gasteiger partial charge in [0.15, 0.2) is 0 Å².